The zero-order valence-corrected chi connectivity index (χ0v) is 15.8. The van der Waals surface area contributed by atoms with Crippen LogP contribution in [0.2, 0.25) is 10.0 Å². The van der Waals surface area contributed by atoms with Gasteiger partial charge in [-0.1, -0.05) is 35.3 Å². The molecule has 0 fully saturated rings. The van der Waals surface area contributed by atoms with Crippen LogP contribution < -0.4 is 14.8 Å². The van der Waals surface area contributed by atoms with E-state index in [1.807, 2.05) is 30.1 Å². The zero-order chi connectivity index (χ0) is 18.4. The molecule has 0 unspecified atom stereocenters. The monoisotopic (exact) mass is 382 g/mol. The van der Waals surface area contributed by atoms with Gasteiger partial charge >= 0.3 is 0 Å². The second-order valence-corrected chi connectivity index (χ2v) is 6.30. The molecule has 0 aliphatic heterocycles. The molecule has 1 amide bonds. The van der Waals surface area contributed by atoms with Crippen LogP contribution in [0.25, 0.3) is 0 Å². The third-order valence-corrected chi connectivity index (χ3v) is 4.36. The molecular formula is C18H20Cl2N2O3. The first-order chi connectivity index (χ1) is 11.9. The summed E-state index contributed by atoms with van der Waals surface area (Å²) in [6, 6.07) is 10.8. The number of nitrogens with zero attached hydrogens (tertiary/aromatic N) is 1. The van der Waals surface area contributed by atoms with Gasteiger partial charge in [-0.2, -0.15) is 0 Å². The maximum atomic E-state index is 12.2. The summed E-state index contributed by atoms with van der Waals surface area (Å²) in [5.74, 6) is 1.15. The number of likely N-dealkylation sites (N-methyl/N-ethyl adjacent to an activating group) is 1. The minimum absolute atomic E-state index is 0.174. The third-order valence-electron chi connectivity index (χ3n) is 3.54. The number of rotatable bonds is 7. The van der Waals surface area contributed by atoms with Gasteiger partial charge in [-0.25, -0.2) is 0 Å². The number of hydrogen-bond acceptors (Lipinski definition) is 4. The van der Waals surface area contributed by atoms with Crippen LogP contribution >= 0.6 is 23.2 Å². The lowest BCUT2D eigenvalue weighted by molar-refractivity contribution is -0.117. The molecule has 134 valence electrons. The predicted octanol–water partition coefficient (Wildman–Crippen LogP) is 4.08. The summed E-state index contributed by atoms with van der Waals surface area (Å²) in [7, 11) is 5.04. The molecule has 0 aliphatic rings. The number of amides is 1. The molecule has 2 aromatic rings. The minimum Gasteiger partial charge on any atom is -0.493 e. The van der Waals surface area contributed by atoms with Crippen molar-refractivity contribution >= 4 is 34.8 Å². The molecule has 0 atom stereocenters. The topological polar surface area (TPSA) is 50.8 Å². The molecule has 0 aromatic heterocycles. The molecule has 0 saturated carbocycles. The number of methoxy groups -OCH3 is 2. The van der Waals surface area contributed by atoms with Gasteiger partial charge in [0.1, 0.15) is 0 Å². The molecule has 0 aliphatic carbocycles. The highest BCUT2D eigenvalue weighted by molar-refractivity contribution is 6.43. The van der Waals surface area contributed by atoms with Crippen molar-refractivity contribution in [2.45, 2.75) is 6.54 Å². The van der Waals surface area contributed by atoms with Crippen LogP contribution in [0.15, 0.2) is 36.4 Å². The van der Waals surface area contributed by atoms with Gasteiger partial charge < -0.3 is 14.8 Å². The van der Waals surface area contributed by atoms with E-state index in [2.05, 4.69) is 5.32 Å². The third kappa shape index (κ3) is 5.26. The first-order valence-electron chi connectivity index (χ1n) is 7.58. The normalized spacial score (nSPS) is 10.6. The summed E-state index contributed by atoms with van der Waals surface area (Å²) < 4.78 is 10.5. The standard InChI is InChI=1S/C18H20Cl2N2O3/c1-22(10-12-7-8-15(24-2)16(9-12)25-3)11-17(23)21-14-6-4-5-13(19)18(14)20/h4-9H,10-11H2,1-3H3,(H,21,23). The Balaban J connectivity index is 1.96. The summed E-state index contributed by atoms with van der Waals surface area (Å²) in [6.07, 6.45) is 0. The number of benzene rings is 2. The van der Waals surface area contributed by atoms with Crippen molar-refractivity contribution < 1.29 is 14.3 Å². The van der Waals surface area contributed by atoms with Crippen molar-refractivity contribution in [3.05, 3.63) is 52.0 Å². The zero-order valence-electron chi connectivity index (χ0n) is 14.3. The van der Waals surface area contributed by atoms with E-state index in [4.69, 9.17) is 32.7 Å². The van der Waals surface area contributed by atoms with Gasteiger partial charge in [0.15, 0.2) is 11.5 Å². The Kier molecular flexibility index (Phi) is 6.93. The minimum atomic E-state index is -0.174. The van der Waals surface area contributed by atoms with Crippen LogP contribution in [0.4, 0.5) is 5.69 Å². The maximum Gasteiger partial charge on any atom is 0.238 e. The quantitative estimate of drug-likeness (QED) is 0.783. The van der Waals surface area contributed by atoms with Crippen LogP contribution in [-0.4, -0.2) is 38.6 Å². The van der Waals surface area contributed by atoms with E-state index >= 15 is 0 Å². The Labute approximate surface area is 157 Å². The molecule has 2 rings (SSSR count). The van der Waals surface area contributed by atoms with Gasteiger partial charge in [-0.05, 0) is 36.9 Å². The number of hydrogen-bond donors (Lipinski definition) is 1. The van der Waals surface area contributed by atoms with Gasteiger partial charge in [0, 0.05) is 6.54 Å². The number of nitrogens with one attached hydrogen (secondary N) is 1. The summed E-state index contributed by atoms with van der Waals surface area (Å²) >= 11 is 12.0. The predicted molar refractivity (Wildman–Crippen MR) is 101 cm³/mol. The largest absolute Gasteiger partial charge is 0.493 e. The number of carbonyl (C=O) groups excluding carboxylic acids is 1. The van der Waals surface area contributed by atoms with Crippen molar-refractivity contribution in [1.29, 1.82) is 0 Å². The van der Waals surface area contributed by atoms with Crippen LogP contribution in [-0.2, 0) is 11.3 Å². The number of anilines is 1. The van der Waals surface area contributed by atoms with Gasteiger partial charge in [0.2, 0.25) is 5.91 Å². The average Bonchev–Trinajstić information content (AvgIpc) is 2.58. The van der Waals surface area contributed by atoms with E-state index in [1.54, 1.807) is 32.4 Å². The van der Waals surface area contributed by atoms with Crippen LogP contribution in [0.3, 0.4) is 0 Å². The smallest absolute Gasteiger partial charge is 0.238 e. The van der Waals surface area contributed by atoms with Crippen molar-refractivity contribution in [1.82, 2.24) is 4.90 Å². The van der Waals surface area contributed by atoms with Crippen molar-refractivity contribution in [2.75, 3.05) is 33.1 Å². The van der Waals surface area contributed by atoms with E-state index in [0.717, 1.165) is 5.56 Å². The molecule has 0 saturated heterocycles. The van der Waals surface area contributed by atoms with E-state index in [1.165, 1.54) is 0 Å². The highest BCUT2D eigenvalue weighted by Crippen LogP contribution is 2.30. The molecule has 0 spiro atoms. The van der Waals surface area contributed by atoms with Crippen LogP contribution in [0.5, 0.6) is 11.5 Å². The van der Waals surface area contributed by atoms with Crippen LogP contribution in [0, 0.1) is 0 Å². The van der Waals surface area contributed by atoms with Gasteiger partial charge in [0.05, 0.1) is 36.5 Å². The Morgan fingerprint density at radius 3 is 2.52 bits per heavy atom. The Morgan fingerprint density at radius 1 is 1.12 bits per heavy atom. The summed E-state index contributed by atoms with van der Waals surface area (Å²) in [5.41, 5.74) is 1.51. The SMILES string of the molecule is COc1ccc(CN(C)CC(=O)Nc2cccc(Cl)c2Cl)cc1OC. The Morgan fingerprint density at radius 2 is 1.84 bits per heavy atom. The first-order valence-corrected chi connectivity index (χ1v) is 8.33. The van der Waals surface area contributed by atoms with Gasteiger partial charge in [-0.3, -0.25) is 9.69 Å². The summed E-state index contributed by atoms with van der Waals surface area (Å²) in [5, 5.41) is 3.50. The lowest BCUT2D eigenvalue weighted by atomic mass is 10.2. The molecule has 25 heavy (non-hydrogen) atoms. The maximum absolute atomic E-state index is 12.2. The van der Waals surface area contributed by atoms with Crippen LogP contribution in [0.1, 0.15) is 5.56 Å². The molecule has 7 heteroatoms. The van der Waals surface area contributed by atoms with Crippen molar-refractivity contribution in [2.24, 2.45) is 0 Å². The second kappa shape index (κ2) is 8.94. The van der Waals surface area contributed by atoms with Gasteiger partial charge in [0.25, 0.3) is 0 Å². The summed E-state index contributed by atoms with van der Waals surface area (Å²) in [4.78, 5) is 14.1. The number of ether oxygens (including phenoxy) is 2. The fourth-order valence-corrected chi connectivity index (χ4v) is 2.73. The number of halogens is 2. The van der Waals surface area contributed by atoms with Crippen molar-refractivity contribution in [3.8, 4) is 11.5 Å². The lowest BCUT2D eigenvalue weighted by Gasteiger charge is -2.18. The Hall–Kier alpha value is -1.95. The lowest BCUT2D eigenvalue weighted by Crippen LogP contribution is -2.29. The van der Waals surface area contributed by atoms with E-state index in [0.29, 0.717) is 33.8 Å². The highest BCUT2D eigenvalue weighted by Gasteiger charge is 2.12. The fourth-order valence-electron chi connectivity index (χ4n) is 2.38. The molecule has 5 nitrogen and oxygen atoms in total. The van der Waals surface area contributed by atoms with E-state index < -0.39 is 0 Å². The number of carbonyl (C=O) groups is 1. The molecule has 2 aromatic carbocycles. The van der Waals surface area contributed by atoms with Crippen molar-refractivity contribution in [3.63, 3.8) is 0 Å². The first kappa shape index (κ1) is 19.4. The average molecular weight is 383 g/mol. The molecular weight excluding hydrogens is 363 g/mol. The molecule has 0 heterocycles. The Bertz CT molecular complexity index is 753. The summed E-state index contributed by atoms with van der Waals surface area (Å²) in [6.45, 7) is 0.786. The van der Waals surface area contributed by atoms with E-state index in [9.17, 15) is 4.79 Å². The highest BCUT2D eigenvalue weighted by atomic mass is 35.5. The molecule has 0 bridgehead atoms. The second-order valence-electron chi connectivity index (χ2n) is 5.51. The molecule has 1 N–H and O–H groups in total. The van der Waals surface area contributed by atoms with Gasteiger partial charge in [-0.15, -0.1) is 0 Å². The fraction of sp³-hybridized carbons (Fsp3) is 0.278. The van der Waals surface area contributed by atoms with E-state index in [-0.39, 0.29) is 12.5 Å². The molecule has 0 radical (unpaired) electrons.